The number of nitrogens with one attached hydrogen (secondary N) is 1. The monoisotopic (exact) mass is 303 g/mol. The number of para-hydroxylation sites is 1. The molecule has 1 aliphatic heterocycles. The van der Waals surface area contributed by atoms with Crippen LogP contribution in [0.3, 0.4) is 0 Å². The molecular weight excluding hydrogens is 286 g/mol. The molecular formula is C16H18ClN3O. The highest BCUT2D eigenvalue weighted by atomic mass is 35.5. The van der Waals surface area contributed by atoms with Gasteiger partial charge in [0, 0.05) is 23.7 Å². The Morgan fingerprint density at radius 1 is 1.33 bits per heavy atom. The predicted molar refractivity (Wildman–Crippen MR) is 84.2 cm³/mol. The van der Waals surface area contributed by atoms with Crippen LogP contribution in [-0.4, -0.2) is 23.1 Å². The van der Waals surface area contributed by atoms with Crippen molar-refractivity contribution in [3.05, 3.63) is 46.9 Å². The van der Waals surface area contributed by atoms with E-state index in [0.29, 0.717) is 0 Å². The van der Waals surface area contributed by atoms with Crippen LogP contribution in [0.2, 0.25) is 5.28 Å². The Hall–Kier alpha value is -1.81. The molecule has 3 rings (SSSR count). The summed E-state index contributed by atoms with van der Waals surface area (Å²) in [5.74, 6) is 1.79. The normalized spacial score (nSPS) is 15.4. The van der Waals surface area contributed by atoms with Gasteiger partial charge in [0.2, 0.25) is 5.28 Å². The number of anilines is 1. The van der Waals surface area contributed by atoms with Crippen molar-refractivity contribution in [1.29, 1.82) is 0 Å². The van der Waals surface area contributed by atoms with Crippen molar-refractivity contribution in [2.75, 3.05) is 18.5 Å². The third-order valence-electron chi connectivity index (χ3n) is 3.73. The first kappa shape index (κ1) is 14.1. The van der Waals surface area contributed by atoms with Gasteiger partial charge in [0.25, 0.3) is 0 Å². The Labute approximate surface area is 129 Å². The van der Waals surface area contributed by atoms with Gasteiger partial charge in [0.05, 0.1) is 6.61 Å². The van der Waals surface area contributed by atoms with Gasteiger partial charge in [-0.25, -0.2) is 9.97 Å². The van der Waals surface area contributed by atoms with Crippen LogP contribution in [0, 0.1) is 0 Å². The van der Waals surface area contributed by atoms with E-state index in [0.717, 1.165) is 31.1 Å². The second-order valence-corrected chi connectivity index (χ2v) is 6.19. The second-order valence-electron chi connectivity index (χ2n) is 5.85. The van der Waals surface area contributed by atoms with Crippen molar-refractivity contribution in [2.45, 2.75) is 25.7 Å². The number of ether oxygens (including phenoxy) is 1. The summed E-state index contributed by atoms with van der Waals surface area (Å²) in [5.41, 5.74) is 2.62. The molecule has 2 heterocycles. The number of halogens is 1. The molecule has 1 aromatic carbocycles. The molecule has 0 spiro atoms. The van der Waals surface area contributed by atoms with E-state index in [1.807, 2.05) is 0 Å². The van der Waals surface area contributed by atoms with Gasteiger partial charge in [-0.15, -0.1) is 0 Å². The highest BCUT2D eigenvalue weighted by molar-refractivity contribution is 6.28. The molecule has 21 heavy (non-hydrogen) atoms. The fourth-order valence-corrected chi connectivity index (χ4v) is 2.72. The third kappa shape index (κ3) is 2.95. The van der Waals surface area contributed by atoms with E-state index < -0.39 is 0 Å². The van der Waals surface area contributed by atoms with Gasteiger partial charge in [-0.1, -0.05) is 32.0 Å². The molecule has 4 nitrogen and oxygen atoms in total. The van der Waals surface area contributed by atoms with Gasteiger partial charge in [0.15, 0.2) is 0 Å². The molecule has 1 aromatic heterocycles. The van der Waals surface area contributed by atoms with Gasteiger partial charge in [-0.3, -0.25) is 0 Å². The van der Waals surface area contributed by atoms with E-state index in [-0.39, 0.29) is 10.7 Å². The lowest BCUT2D eigenvalue weighted by Crippen LogP contribution is -2.18. The summed E-state index contributed by atoms with van der Waals surface area (Å²) in [6.07, 6.45) is 2.52. The number of benzene rings is 1. The van der Waals surface area contributed by atoms with Gasteiger partial charge in [0.1, 0.15) is 11.6 Å². The maximum atomic E-state index is 5.89. The maximum Gasteiger partial charge on any atom is 0.224 e. The lowest BCUT2D eigenvalue weighted by Gasteiger charge is -2.15. The van der Waals surface area contributed by atoms with Crippen LogP contribution in [0.5, 0.6) is 5.75 Å². The number of nitrogens with zero attached hydrogens (tertiary/aromatic N) is 2. The number of hydrogen-bond donors (Lipinski definition) is 1. The van der Waals surface area contributed by atoms with Crippen LogP contribution < -0.4 is 10.1 Å². The lowest BCUT2D eigenvalue weighted by molar-refractivity contribution is 0.289. The fourth-order valence-electron chi connectivity index (χ4n) is 2.57. The highest BCUT2D eigenvalue weighted by Crippen LogP contribution is 2.40. The molecule has 0 aliphatic carbocycles. The van der Waals surface area contributed by atoms with Crippen molar-refractivity contribution in [3.63, 3.8) is 0 Å². The first-order valence-corrected chi connectivity index (χ1v) is 7.42. The minimum absolute atomic E-state index is 0.0962. The minimum Gasteiger partial charge on any atom is -0.492 e. The molecule has 0 unspecified atom stereocenters. The van der Waals surface area contributed by atoms with Gasteiger partial charge >= 0.3 is 0 Å². The van der Waals surface area contributed by atoms with Crippen LogP contribution in [0.25, 0.3) is 0 Å². The summed E-state index contributed by atoms with van der Waals surface area (Å²) >= 11 is 5.77. The summed E-state index contributed by atoms with van der Waals surface area (Å²) < 4.78 is 5.89. The smallest absolute Gasteiger partial charge is 0.224 e. The molecule has 1 aliphatic rings. The van der Waals surface area contributed by atoms with Gasteiger partial charge in [-0.2, -0.15) is 0 Å². The van der Waals surface area contributed by atoms with Crippen molar-refractivity contribution < 1.29 is 4.74 Å². The molecule has 0 atom stereocenters. The van der Waals surface area contributed by atoms with E-state index in [1.54, 1.807) is 12.3 Å². The van der Waals surface area contributed by atoms with Crippen molar-refractivity contribution in [1.82, 2.24) is 9.97 Å². The summed E-state index contributed by atoms with van der Waals surface area (Å²) in [6, 6.07) is 8.19. The highest BCUT2D eigenvalue weighted by Gasteiger charge is 2.32. The number of fused-ring (bicyclic) bond motifs is 1. The Bertz CT molecular complexity index is 658. The fraction of sp³-hybridized carbons (Fsp3) is 0.375. The van der Waals surface area contributed by atoms with Gasteiger partial charge < -0.3 is 10.1 Å². The first-order valence-electron chi connectivity index (χ1n) is 7.04. The van der Waals surface area contributed by atoms with E-state index in [1.165, 1.54) is 11.1 Å². The molecule has 0 fully saturated rings. The summed E-state index contributed by atoms with van der Waals surface area (Å²) in [6.45, 7) is 5.94. The molecule has 2 aromatic rings. The third-order valence-corrected chi connectivity index (χ3v) is 3.91. The molecule has 5 heteroatoms. The zero-order chi connectivity index (χ0) is 14.9. The number of rotatable bonds is 4. The molecule has 110 valence electrons. The van der Waals surface area contributed by atoms with Crippen LogP contribution in [0.4, 0.5) is 5.82 Å². The van der Waals surface area contributed by atoms with E-state index in [9.17, 15) is 0 Å². The topological polar surface area (TPSA) is 47.0 Å². The van der Waals surface area contributed by atoms with Crippen LogP contribution in [0.15, 0.2) is 30.5 Å². The van der Waals surface area contributed by atoms with Crippen LogP contribution >= 0.6 is 11.6 Å². The average molecular weight is 304 g/mol. The molecule has 0 radical (unpaired) electrons. The van der Waals surface area contributed by atoms with Gasteiger partial charge in [-0.05, 0) is 29.7 Å². The Balaban J connectivity index is 1.68. The Morgan fingerprint density at radius 2 is 2.19 bits per heavy atom. The molecule has 0 bridgehead atoms. The SMILES string of the molecule is CC1(C)COc2c(CCNc3ccnc(Cl)n3)cccc21. The zero-order valence-electron chi connectivity index (χ0n) is 12.2. The van der Waals surface area contributed by atoms with Crippen molar-refractivity contribution in [3.8, 4) is 5.75 Å². The van der Waals surface area contributed by atoms with Crippen molar-refractivity contribution in [2.24, 2.45) is 0 Å². The number of aromatic nitrogens is 2. The molecule has 0 saturated carbocycles. The average Bonchev–Trinajstić information content (AvgIpc) is 2.76. The second kappa shape index (κ2) is 5.53. The standard InChI is InChI=1S/C16H18ClN3O/c1-16(2)10-21-14-11(4-3-5-12(14)16)6-8-18-13-7-9-19-15(17)20-13/h3-5,7,9H,6,8,10H2,1-2H3,(H,18,19,20). The summed E-state index contributed by atoms with van der Waals surface area (Å²) in [5, 5.41) is 3.51. The lowest BCUT2D eigenvalue weighted by atomic mass is 9.86. The zero-order valence-corrected chi connectivity index (χ0v) is 12.9. The maximum absolute atomic E-state index is 5.89. The first-order chi connectivity index (χ1) is 10.1. The van der Waals surface area contributed by atoms with Crippen LogP contribution in [-0.2, 0) is 11.8 Å². The summed E-state index contributed by atoms with van der Waals surface area (Å²) in [4.78, 5) is 7.98. The van der Waals surface area contributed by atoms with E-state index >= 15 is 0 Å². The largest absolute Gasteiger partial charge is 0.492 e. The van der Waals surface area contributed by atoms with E-state index in [4.69, 9.17) is 16.3 Å². The number of hydrogen-bond acceptors (Lipinski definition) is 4. The molecule has 1 N–H and O–H groups in total. The minimum atomic E-state index is 0.0962. The van der Waals surface area contributed by atoms with E-state index in [2.05, 4.69) is 47.3 Å². The Morgan fingerprint density at radius 3 is 3.00 bits per heavy atom. The van der Waals surface area contributed by atoms with Crippen molar-refractivity contribution >= 4 is 17.4 Å². The molecule has 0 amide bonds. The summed E-state index contributed by atoms with van der Waals surface area (Å²) in [7, 11) is 0. The van der Waals surface area contributed by atoms with Crippen LogP contribution in [0.1, 0.15) is 25.0 Å². The predicted octanol–water partition coefficient (Wildman–Crippen LogP) is 3.45. The molecule has 0 saturated heterocycles. The Kier molecular flexibility index (Phi) is 3.72. The quantitative estimate of drug-likeness (QED) is 0.879.